The van der Waals surface area contributed by atoms with Gasteiger partial charge in [0.25, 0.3) is 0 Å². The number of carbonyl (C=O) groups is 4. The van der Waals surface area contributed by atoms with Crippen LogP contribution in [0.3, 0.4) is 0 Å². The van der Waals surface area contributed by atoms with Crippen LogP contribution in [0.4, 0.5) is 9.59 Å². The quantitative estimate of drug-likeness (QED) is 0.0496. The molecule has 28 heteroatoms. The first-order valence-corrected chi connectivity index (χ1v) is 26.4. The monoisotopic (exact) mass is 1130 g/mol. The highest BCUT2D eigenvalue weighted by Crippen LogP contribution is 2.42. The van der Waals surface area contributed by atoms with Crippen LogP contribution in [0.15, 0.2) is 118 Å². The Morgan fingerprint density at radius 3 is 1.55 bits per heavy atom. The number of oxime groups is 2. The van der Waals surface area contributed by atoms with Crippen molar-refractivity contribution in [2.75, 3.05) is 26.7 Å². The molecule has 1 spiro atoms. The number of amides is 2. The van der Waals surface area contributed by atoms with E-state index < -0.39 is 89.8 Å². The summed E-state index contributed by atoms with van der Waals surface area (Å²) in [6, 6.07) is 9.42. The average Bonchev–Trinajstić information content (AvgIpc) is 3.60. The summed E-state index contributed by atoms with van der Waals surface area (Å²) in [5.74, 6) is 1.85. The van der Waals surface area contributed by atoms with Gasteiger partial charge in [0.15, 0.2) is 28.6 Å². The van der Waals surface area contributed by atoms with Crippen LogP contribution in [-0.2, 0) is 33.4 Å². The van der Waals surface area contributed by atoms with E-state index in [4.69, 9.17) is 94.4 Å². The summed E-state index contributed by atoms with van der Waals surface area (Å²) in [4.78, 5) is 58.9. The van der Waals surface area contributed by atoms with Gasteiger partial charge in [-0.15, -0.1) is 0 Å². The molecule has 5 aliphatic rings. The normalized spacial score (nSPS) is 17.5. The Kier molecular flexibility index (Phi) is 26.4. The number of likely N-dealkylation sites (tertiary alicyclic amines) is 2. The second kappa shape index (κ2) is 31.4. The highest BCUT2D eigenvalue weighted by atomic mass is 16.7. The highest BCUT2D eigenvalue weighted by molar-refractivity contribution is 8.00. The number of benzene rings is 2. The first-order valence-electron chi connectivity index (χ1n) is 26.4. The lowest BCUT2D eigenvalue weighted by Crippen LogP contribution is -2.62. The van der Waals surface area contributed by atoms with Crippen molar-refractivity contribution in [3.05, 3.63) is 119 Å². The number of fused-ring (bicyclic) bond motifs is 2. The van der Waals surface area contributed by atoms with Gasteiger partial charge in [-0.3, -0.25) is 9.80 Å². The maximum Gasteiger partial charge on any atom is 0.411 e. The van der Waals surface area contributed by atoms with Crippen molar-refractivity contribution in [1.82, 2.24) is 9.80 Å². The van der Waals surface area contributed by atoms with Crippen LogP contribution in [0, 0.1) is 0 Å². The first kappa shape index (κ1) is 70.7. The third-order valence-electron chi connectivity index (χ3n) is 11.2. The molecule has 0 saturated carbocycles. The van der Waals surface area contributed by atoms with E-state index in [1.165, 1.54) is 16.0 Å². The molecule has 7 rings (SSSR count). The van der Waals surface area contributed by atoms with Crippen LogP contribution in [0.25, 0.3) is 0 Å². The van der Waals surface area contributed by atoms with E-state index in [-0.39, 0.29) is 26.6 Å². The van der Waals surface area contributed by atoms with Crippen LogP contribution in [0.1, 0.15) is 113 Å². The molecule has 424 valence electrons. The standard InChI is InChI=1S/C23H30N2O7.C15H25NO4.C10H4.C8H7NO3.B10/c1-21(2,3)30-19(26)16-11-23(12-25(16)20(27)31-22(4,5)6)10-15(24-32-23)14-7-8-17-18(9-14)29-13-28-17;1-10-8-11(12(17)19-14(2,3)4)16(9-10)13(18)20-15(5,6)7;1-3-5-7-9-10-8-6-4-2;10-9-4-6-1-2-7-8(3-6)12-5-11-7;1-7(2)10(8(3)4)9(5)6/h7-9,16H,10-13H2,1-6H3;11H,1,8-9H2,2-7H3;1-2H2;1-4,10H,5H2;/b;;;9-4+;/t16-,23+;11-;;;/m00.../s1. The summed E-state index contributed by atoms with van der Waals surface area (Å²) in [5.41, 5.74) is 19.2. The van der Waals surface area contributed by atoms with E-state index >= 15 is 0 Å². The molecule has 84 heavy (non-hydrogen) atoms. The number of rotatable bonds is 7. The van der Waals surface area contributed by atoms with E-state index in [1.54, 1.807) is 101 Å². The third kappa shape index (κ3) is 24.0. The molecule has 2 aromatic rings. The molecule has 5 heterocycles. The lowest BCUT2D eigenvalue weighted by molar-refractivity contribution is -0.161. The number of carbonyl (C=O) groups excluding carboxylic acids is 4. The van der Waals surface area contributed by atoms with Gasteiger partial charge in [0.05, 0.1) is 18.5 Å². The molecule has 12 radical (unpaired) electrons. The first-order chi connectivity index (χ1) is 39.0. The maximum atomic E-state index is 13.0. The molecular formula is C56H66B10N4O14. The molecule has 3 atom stereocenters. The minimum absolute atomic E-state index is 0.170. The topological polar surface area (TPSA) is 203 Å². The summed E-state index contributed by atoms with van der Waals surface area (Å²) < 4.78 is 42.9. The number of esters is 2. The SMILES string of the molecule is C=C1C[C@@H](C(=O)OC(C)(C)C)N(C(=O)OC(C)(C)C)C1.C=C=C=C=C=C=C=C=C=C.CC(C)(C)OC(=O)[C@@H]1C[C@]2(CC(c3ccc4c(c3)OCO4)=NO2)CN1C(=O)OC(C)(C)C.O/N=C/c1ccc2c(c1)OCO2.[B]B([B])B(B([B])[B])B([B])[B]. The Labute approximate surface area is 503 Å². The van der Waals surface area contributed by atoms with Gasteiger partial charge >= 0.3 is 24.1 Å². The molecule has 0 aliphatic carbocycles. The number of ether oxygens (including phenoxy) is 8. The highest BCUT2D eigenvalue weighted by Gasteiger charge is 2.55. The summed E-state index contributed by atoms with van der Waals surface area (Å²) in [6.45, 7) is 32.8. The van der Waals surface area contributed by atoms with Gasteiger partial charge in [0, 0.05) is 109 Å². The van der Waals surface area contributed by atoms with Crippen LogP contribution in [-0.4, -0.2) is 190 Å². The van der Waals surface area contributed by atoms with Crippen LogP contribution >= 0.6 is 0 Å². The Bertz CT molecular complexity index is 2930. The number of hydrogen-bond donors (Lipinski definition) is 1. The number of nitrogens with zero attached hydrogens (tertiary/aromatic N) is 4. The molecule has 5 aliphatic heterocycles. The van der Waals surface area contributed by atoms with Gasteiger partial charge in [-0.1, -0.05) is 33.9 Å². The maximum absolute atomic E-state index is 13.0. The van der Waals surface area contributed by atoms with E-state index in [0.717, 1.165) is 28.2 Å². The smallest absolute Gasteiger partial charge is 0.411 e. The van der Waals surface area contributed by atoms with Gasteiger partial charge in [-0.25, -0.2) is 19.2 Å². The zero-order valence-electron chi connectivity index (χ0n) is 50.1. The average molecular weight is 1130 g/mol. The molecule has 0 unspecified atom stereocenters. The Morgan fingerprint density at radius 2 is 1.10 bits per heavy atom. The summed E-state index contributed by atoms with van der Waals surface area (Å²) in [7, 11) is 31.8. The molecule has 2 fully saturated rings. The fourth-order valence-electron chi connectivity index (χ4n) is 7.92. The van der Waals surface area contributed by atoms with Gasteiger partial charge in [-0.05, 0) is 167 Å². The molecule has 0 bridgehead atoms. The molecule has 0 aromatic heterocycles. The van der Waals surface area contributed by atoms with Gasteiger partial charge in [0.2, 0.25) is 13.6 Å². The van der Waals surface area contributed by atoms with E-state index in [0.29, 0.717) is 36.6 Å². The van der Waals surface area contributed by atoms with E-state index in [2.05, 4.69) is 75.9 Å². The predicted molar refractivity (Wildman–Crippen MR) is 330 cm³/mol. The summed E-state index contributed by atoms with van der Waals surface area (Å²) in [5, 5.41) is 15.5. The third-order valence-corrected chi connectivity index (χ3v) is 11.2. The Morgan fingerprint density at radius 1 is 0.655 bits per heavy atom. The van der Waals surface area contributed by atoms with Crippen molar-refractivity contribution in [3.8, 4) is 23.0 Å². The van der Waals surface area contributed by atoms with Crippen molar-refractivity contribution in [2.24, 2.45) is 10.3 Å². The van der Waals surface area contributed by atoms with Crippen molar-refractivity contribution in [1.29, 1.82) is 0 Å². The predicted octanol–water partition coefficient (Wildman–Crippen LogP) is 5.98. The van der Waals surface area contributed by atoms with Gasteiger partial charge < -0.3 is 47.9 Å². The second-order valence-electron chi connectivity index (χ2n) is 23.3. The van der Waals surface area contributed by atoms with Crippen LogP contribution in [0.2, 0.25) is 0 Å². The largest absolute Gasteiger partial charge is 0.458 e. The van der Waals surface area contributed by atoms with E-state index in [1.807, 2.05) is 18.2 Å². The van der Waals surface area contributed by atoms with Crippen LogP contribution < -0.4 is 18.9 Å². The molecule has 2 aromatic carbocycles. The minimum Gasteiger partial charge on any atom is -0.458 e. The van der Waals surface area contributed by atoms with Crippen molar-refractivity contribution >= 4 is 108 Å². The number of hydrogen-bond acceptors (Lipinski definition) is 16. The summed E-state index contributed by atoms with van der Waals surface area (Å²) >= 11 is 0. The lowest BCUT2D eigenvalue weighted by Gasteiger charge is -2.29. The van der Waals surface area contributed by atoms with E-state index in [9.17, 15) is 19.2 Å². The molecule has 1 N–H and O–H groups in total. The second-order valence-corrected chi connectivity index (χ2v) is 23.3. The Balaban J connectivity index is 0.000000303. The fourth-order valence-corrected chi connectivity index (χ4v) is 7.92. The van der Waals surface area contributed by atoms with Gasteiger partial charge in [0.1, 0.15) is 34.5 Å². The summed E-state index contributed by atoms with van der Waals surface area (Å²) in [6.07, 6.45) is -1.07. The van der Waals surface area contributed by atoms with Crippen molar-refractivity contribution in [2.45, 2.75) is 142 Å². The zero-order valence-corrected chi connectivity index (χ0v) is 50.1. The molecule has 2 amide bonds. The van der Waals surface area contributed by atoms with Gasteiger partial charge in [-0.2, -0.15) is 0 Å². The van der Waals surface area contributed by atoms with Crippen molar-refractivity contribution < 1.29 is 67.1 Å². The molecule has 2 saturated heterocycles. The minimum atomic E-state index is -0.829. The Hall–Kier alpha value is -7.57. The fraction of sp³-hybridized carbons (Fsp3) is 0.464. The zero-order chi connectivity index (χ0) is 63.4. The molecule has 18 nitrogen and oxygen atoms in total. The lowest BCUT2D eigenvalue weighted by atomic mass is 8.58. The van der Waals surface area contributed by atoms with Crippen LogP contribution in [0.5, 0.6) is 23.0 Å². The molecular weight excluding hydrogens is 1060 g/mol. The van der Waals surface area contributed by atoms with Crippen molar-refractivity contribution in [3.63, 3.8) is 0 Å².